The van der Waals surface area contributed by atoms with Crippen LogP contribution in [0.15, 0.2) is 152 Å². The Balaban J connectivity index is 0.000000163. The molecule has 0 unspecified atom stereocenters. The van der Waals surface area contributed by atoms with E-state index >= 15 is 0 Å². The van der Waals surface area contributed by atoms with Gasteiger partial charge in [-0.05, 0) is 116 Å². The van der Waals surface area contributed by atoms with E-state index in [0.29, 0.717) is 34.9 Å². The lowest BCUT2D eigenvalue weighted by molar-refractivity contribution is 0.00578. The van der Waals surface area contributed by atoms with Crippen molar-refractivity contribution in [2.75, 3.05) is 0 Å². The predicted molar refractivity (Wildman–Crippen MR) is 305 cm³/mol. The molecule has 0 amide bonds. The van der Waals surface area contributed by atoms with Crippen LogP contribution in [0, 0.1) is 41.5 Å². The lowest BCUT2D eigenvalue weighted by Gasteiger charge is -2.32. The summed E-state index contributed by atoms with van der Waals surface area (Å²) in [6.07, 6.45) is 0. The summed E-state index contributed by atoms with van der Waals surface area (Å²) in [5, 5.41) is 0.202. The minimum Gasteiger partial charge on any atom is -0.399 e. The molecule has 1 aliphatic rings. The highest BCUT2D eigenvalue weighted by Gasteiger charge is 2.51. The second kappa shape index (κ2) is 23.0. The number of benzene rings is 5. The van der Waals surface area contributed by atoms with Crippen LogP contribution >= 0.6 is 23.2 Å². The zero-order chi connectivity index (χ0) is 54.4. The van der Waals surface area contributed by atoms with Gasteiger partial charge in [-0.3, -0.25) is 0 Å². The first-order chi connectivity index (χ1) is 36.8. The quantitative estimate of drug-likeness (QED) is 0.132. The number of hydrogen-bond donors (Lipinski definition) is 0. The topological polar surface area (TPSA) is 173 Å². The Hall–Kier alpha value is -8.08. The Morgan fingerprint density at radius 1 is 0.299 bits per heavy atom. The number of rotatable bonds is 8. The fourth-order valence-corrected chi connectivity index (χ4v) is 8.63. The zero-order valence-corrected chi connectivity index (χ0v) is 46.0. The Kier molecular flexibility index (Phi) is 16.1. The molecule has 1 aliphatic heterocycles. The van der Waals surface area contributed by atoms with E-state index in [4.69, 9.17) is 47.5 Å². The lowest BCUT2D eigenvalue weighted by Crippen LogP contribution is -2.41. The number of aromatic nitrogens is 12. The molecule has 0 bridgehead atoms. The third kappa shape index (κ3) is 13.3. The fourth-order valence-electron chi connectivity index (χ4n) is 8.26. The molecule has 5 aromatic heterocycles. The van der Waals surface area contributed by atoms with Crippen LogP contribution in [0.3, 0.4) is 0 Å². The summed E-state index contributed by atoms with van der Waals surface area (Å²) in [6, 6.07) is 49.5. The highest BCUT2D eigenvalue weighted by atomic mass is 35.5. The third-order valence-electron chi connectivity index (χ3n) is 12.7. The number of hydrogen-bond acceptors (Lipinski definition) is 14. The lowest BCUT2D eigenvalue weighted by atomic mass is 9.79. The summed E-state index contributed by atoms with van der Waals surface area (Å²) in [5.41, 5.74) is 12.5. The highest BCUT2D eigenvalue weighted by Crippen LogP contribution is 2.37. The van der Waals surface area contributed by atoms with E-state index in [2.05, 4.69) is 72.6 Å². The minimum absolute atomic E-state index is 0.101. The van der Waals surface area contributed by atoms with Gasteiger partial charge in [-0.25, -0.2) is 44.9 Å². The molecule has 1 fully saturated rings. The van der Waals surface area contributed by atoms with E-state index in [0.717, 1.165) is 84.4 Å². The van der Waals surface area contributed by atoms with Crippen molar-refractivity contribution < 1.29 is 9.31 Å². The first-order valence-electron chi connectivity index (χ1n) is 24.9. The van der Waals surface area contributed by atoms with Crippen molar-refractivity contribution in [1.29, 1.82) is 0 Å². The van der Waals surface area contributed by atoms with Crippen LogP contribution in [0.2, 0.25) is 10.6 Å². The van der Waals surface area contributed by atoms with Gasteiger partial charge in [-0.1, -0.05) is 133 Å². The van der Waals surface area contributed by atoms with E-state index in [1.54, 1.807) is 0 Å². The number of halogens is 2. The van der Waals surface area contributed by atoms with Gasteiger partial charge >= 0.3 is 7.12 Å². The Bertz CT molecular complexity index is 3480. The average Bonchev–Trinajstić information content (AvgIpc) is 3.64. The minimum atomic E-state index is -0.339. The molecule has 10 aromatic rings. The smallest absolute Gasteiger partial charge is 0.399 e. The maximum atomic E-state index is 6.08. The van der Waals surface area contributed by atoms with E-state index in [-0.39, 0.29) is 28.9 Å². The van der Waals surface area contributed by atoms with Crippen LogP contribution < -0.4 is 5.46 Å². The molecule has 5 aromatic carbocycles. The van der Waals surface area contributed by atoms with Crippen LogP contribution in [0.1, 0.15) is 61.9 Å². The number of nitrogens with zero attached hydrogens (tertiary/aromatic N) is 12. The van der Waals surface area contributed by atoms with Crippen molar-refractivity contribution in [2.24, 2.45) is 0 Å². The maximum Gasteiger partial charge on any atom is 0.494 e. The van der Waals surface area contributed by atoms with Crippen molar-refractivity contribution in [1.82, 2.24) is 59.8 Å². The van der Waals surface area contributed by atoms with Gasteiger partial charge in [0.15, 0.2) is 40.8 Å². The summed E-state index contributed by atoms with van der Waals surface area (Å²) < 4.78 is 12.2. The Morgan fingerprint density at radius 3 is 0.818 bits per heavy atom. The normalized spacial score (nSPS) is 13.3. The van der Waals surface area contributed by atoms with Crippen molar-refractivity contribution in [3.05, 3.63) is 196 Å². The van der Waals surface area contributed by atoms with Gasteiger partial charge in [0.2, 0.25) is 10.6 Å². The molecule has 0 N–H and O–H groups in total. The maximum absolute atomic E-state index is 6.08. The largest absolute Gasteiger partial charge is 0.494 e. The summed E-state index contributed by atoms with van der Waals surface area (Å²) >= 11 is 11.3. The molecular formula is C60H55BCl2N12O2. The first kappa shape index (κ1) is 53.7. The van der Waals surface area contributed by atoms with Gasteiger partial charge in [-0.2, -0.15) is 15.0 Å². The Labute approximate surface area is 459 Å². The van der Waals surface area contributed by atoms with Crippen LogP contribution in [0.25, 0.3) is 79.7 Å². The molecule has 1 saturated heterocycles. The van der Waals surface area contributed by atoms with E-state index in [1.165, 1.54) is 0 Å². The molecule has 0 radical (unpaired) electrons. The molecule has 384 valence electrons. The zero-order valence-electron chi connectivity index (χ0n) is 44.5. The fraction of sp³-hybridized carbons (Fsp3) is 0.200. The van der Waals surface area contributed by atoms with Gasteiger partial charge in [0.1, 0.15) is 0 Å². The highest BCUT2D eigenvalue weighted by molar-refractivity contribution is 6.62. The SMILES string of the molecule is Cc1cc(C)nc(-c2ccc(-c3nc(-c4ccccc4)nc(-c4ccc(-c5nc(C)cc(C)n5)cc4)n3)cc2)n1.Cc1cc(C)nc(-c2ccc(B3OC(C)(C)C(C)(C)O3)cc2)n1.Clc1nc(Cl)nc(-c2ccccc2)n1. The molecule has 14 nitrogen and oxygen atoms in total. The summed E-state index contributed by atoms with van der Waals surface area (Å²) in [7, 11) is -0.339. The van der Waals surface area contributed by atoms with E-state index in [9.17, 15) is 0 Å². The number of aryl methyl sites for hydroxylation is 6. The molecule has 6 heterocycles. The summed E-state index contributed by atoms with van der Waals surface area (Å²) in [6.45, 7) is 20.1. The van der Waals surface area contributed by atoms with Gasteiger partial charge in [0.05, 0.1) is 11.2 Å². The van der Waals surface area contributed by atoms with Crippen molar-refractivity contribution in [3.8, 4) is 79.7 Å². The monoisotopic (exact) mass is 1060 g/mol. The van der Waals surface area contributed by atoms with E-state index in [1.807, 2.05) is 193 Å². The Morgan fingerprint density at radius 2 is 0.532 bits per heavy atom. The molecule has 0 aliphatic carbocycles. The van der Waals surface area contributed by atoms with Gasteiger partial charge < -0.3 is 9.31 Å². The molecular weight excluding hydrogens is 1000 g/mol. The second-order valence-corrected chi connectivity index (χ2v) is 20.2. The molecule has 77 heavy (non-hydrogen) atoms. The average molecular weight is 1060 g/mol. The van der Waals surface area contributed by atoms with Gasteiger partial charge in [-0.15, -0.1) is 0 Å². The van der Waals surface area contributed by atoms with Crippen molar-refractivity contribution in [3.63, 3.8) is 0 Å². The third-order valence-corrected chi connectivity index (χ3v) is 13.1. The standard InChI is InChI=1S/C33H27N7.C18H23BN2O2.C9H5Cl2N3/c1-20-18-21(2)35-29(34-20)25-10-14-27(15-11-25)32-38-31(24-8-6-5-7-9-24)39-33(40-32)28-16-12-26(13-17-28)30-36-22(3)19-23(4)37-30;1-12-11-13(2)21-16(20-12)14-7-9-15(10-8-14)19-22-17(3,4)18(5,6)23-19;10-8-12-7(13-9(11)14-8)6-4-2-1-3-5-6/h5-19H,1-4H3;7-11H,1-6H3;1-5H. The van der Waals surface area contributed by atoms with Crippen LogP contribution in [0.5, 0.6) is 0 Å². The molecule has 0 atom stereocenters. The summed E-state index contributed by atoms with van der Waals surface area (Å²) in [4.78, 5) is 53.5. The van der Waals surface area contributed by atoms with Crippen molar-refractivity contribution >= 4 is 35.8 Å². The second-order valence-electron chi connectivity index (χ2n) is 19.5. The molecule has 17 heteroatoms. The molecule has 0 saturated carbocycles. The van der Waals surface area contributed by atoms with Gasteiger partial charge in [0, 0.05) is 73.1 Å². The molecule has 0 spiro atoms. The van der Waals surface area contributed by atoms with Crippen LogP contribution in [-0.2, 0) is 9.31 Å². The predicted octanol–water partition coefficient (Wildman–Crippen LogP) is 12.9. The van der Waals surface area contributed by atoms with Crippen LogP contribution in [0.4, 0.5) is 0 Å². The van der Waals surface area contributed by atoms with Crippen LogP contribution in [-0.4, -0.2) is 78.1 Å². The first-order valence-corrected chi connectivity index (χ1v) is 25.7. The van der Waals surface area contributed by atoms with Crippen molar-refractivity contribution in [2.45, 2.75) is 80.4 Å². The van der Waals surface area contributed by atoms with E-state index < -0.39 is 0 Å². The molecule has 11 rings (SSSR count). The summed E-state index contributed by atoms with van der Waals surface area (Å²) in [5.74, 6) is 4.45. The van der Waals surface area contributed by atoms with Gasteiger partial charge in [0.25, 0.3) is 0 Å².